The molecular formula is C13H22N2O. The van der Waals surface area contributed by atoms with E-state index in [1.807, 2.05) is 6.92 Å². The minimum Gasteiger partial charge on any atom is -0.496 e. The summed E-state index contributed by atoms with van der Waals surface area (Å²) in [5, 5.41) is 0. The predicted molar refractivity (Wildman–Crippen MR) is 69.2 cm³/mol. The molecule has 0 saturated carbocycles. The number of methoxy groups -OCH3 is 1. The van der Waals surface area contributed by atoms with Crippen LogP contribution in [0.1, 0.15) is 32.4 Å². The molecule has 0 aliphatic carbocycles. The van der Waals surface area contributed by atoms with Crippen LogP contribution in [-0.4, -0.2) is 20.2 Å². The number of hydrogen-bond acceptors (Lipinski definition) is 3. The van der Waals surface area contributed by atoms with Crippen molar-refractivity contribution in [1.29, 1.82) is 0 Å². The van der Waals surface area contributed by atoms with E-state index in [1.54, 1.807) is 7.11 Å². The lowest BCUT2D eigenvalue weighted by Crippen LogP contribution is -2.22. The molecule has 3 nitrogen and oxygen atoms in total. The van der Waals surface area contributed by atoms with E-state index in [0.29, 0.717) is 0 Å². The first-order valence-corrected chi connectivity index (χ1v) is 5.82. The topological polar surface area (TPSA) is 38.5 Å². The van der Waals surface area contributed by atoms with Crippen molar-refractivity contribution in [3.8, 4) is 5.75 Å². The second-order valence-corrected chi connectivity index (χ2v) is 3.89. The highest BCUT2D eigenvalue weighted by atomic mass is 16.5. The number of hydrogen-bond donors (Lipinski definition) is 1. The maximum atomic E-state index is 5.89. The Balaban J connectivity index is 3.08. The van der Waals surface area contributed by atoms with E-state index >= 15 is 0 Å². The van der Waals surface area contributed by atoms with Crippen molar-refractivity contribution >= 4 is 5.69 Å². The molecule has 1 aromatic carbocycles. The normalized spacial score (nSPS) is 12.3. The zero-order valence-electron chi connectivity index (χ0n) is 10.7. The molecule has 1 unspecified atom stereocenters. The number of nitrogens with zero attached hydrogens (tertiary/aromatic N) is 1. The Morgan fingerprint density at radius 1 is 1.31 bits per heavy atom. The minimum atomic E-state index is 0.000651. The van der Waals surface area contributed by atoms with Gasteiger partial charge in [0, 0.05) is 36.4 Å². The zero-order chi connectivity index (χ0) is 12.1. The Hall–Kier alpha value is -1.22. The van der Waals surface area contributed by atoms with E-state index in [9.17, 15) is 0 Å². The fourth-order valence-electron chi connectivity index (χ4n) is 1.86. The average Bonchev–Trinajstić information content (AvgIpc) is 2.30. The first-order chi connectivity index (χ1) is 7.63. The Morgan fingerprint density at radius 2 is 1.94 bits per heavy atom. The molecule has 1 rings (SSSR count). The molecular weight excluding hydrogens is 200 g/mol. The molecule has 0 radical (unpaired) electrons. The van der Waals surface area contributed by atoms with Gasteiger partial charge in [0.25, 0.3) is 0 Å². The predicted octanol–water partition coefficient (Wildman–Crippen LogP) is 2.56. The third-order valence-corrected chi connectivity index (χ3v) is 2.84. The van der Waals surface area contributed by atoms with Crippen LogP contribution in [0, 0.1) is 0 Å². The van der Waals surface area contributed by atoms with Crippen molar-refractivity contribution in [2.75, 3.05) is 25.1 Å². The van der Waals surface area contributed by atoms with Crippen molar-refractivity contribution in [2.24, 2.45) is 5.73 Å². The highest BCUT2D eigenvalue weighted by molar-refractivity contribution is 5.54. The molecule has 1 atom stereocenters. The van der Waals surface area contributed by atoms with Crippen molar-refractivity contribution in [2.45, 2.75) is 26.8 Å². The number of benzene rings is 1. The summed E-state index contributed by atoms with van der Waals surface area (Å²) in [4.78, 5) is 2.29. The van der Waals surface area contributed by atoms with E-state index in [4.69, 9.17) is 10.5 Å². The standard InChI is InChI=1S/C13H22N2O/c1-5-15(6-2)11-7-8-12(10(3)14)13(9-11)16-4/h7-10H,5-6,14H2,1-4H3. The molecule has 16 heavy (non-hydrogen) atoms. The van der Waals surface area contributed by atoms with Gasteiger partial charge in [-0.05, 0) is 26.8 Å². The lowest BCUT2D eigenvalue weighted by Gasteiger charge is -2.23. The van der Waals surface area contributed by atoms with Gasteiger partial charge in [0.05, 0.1) is 7.11 Å². The first kappa shape index (κ1) is 12.8. The van der Waals surface area contributed by atoms with Crippen molar-refractivity contribution in [3.63, 3.8) is 0 Å². The quantitative estimate of drug-likeness (QED) is 0.832. The van der Waals surface area contributed by atoms with Gasteiger partial charge in [-0.1, -0.05) is 6.07 Å². The van der Waals surface area contributed by atoms with Crippen LogP contribution in [0.3, 0.4) is 0 Å². The molecule has 0 aromatic heterocycles. The Labute approximate surface area is 98.2 Å². The van der Waals surface area contributed by atoms with Crippen molar-refractivity contribution < 1.29 is 4.74 Å². The molecule has 0 saturated heterocycles. The van der Waals surface area contributed by atoms with Gasteiger partial charge in [-0.2, -0.15) is 0 Å². The van der Waals surface area contributed by atoms with E-state index in [0.717, 1.165) is 24.4 Å². The Bertz CT molecular complexity index is 333. The van der Waals surface area contributed by atoms with Gasteiger partial charge in [-0.25, -0.2) is 0 Å². The molecule has 0 aliphatic heterocycles. The lowest BCUT2D eigenvalue weighted by molar-refractivity contribution is 0.407. The molecule has 0 heterocycles. The summed E-state index contributed by atoms with van der Waals surface area (Å²) in [6.45, 7) is 8.26. The Kier molecular flexibility index (Phi) is 4.62. The van der Waals surface area contributed by atoms with Gasteiger partial charge < -0.3 is 15.4 Å². The first-order valence-electron chi connectivity index (χ1n) is 5.82. The molecule has 0 bridgehead atoms. The number of ether oxygens (including phenoxy) is 1. The number of nitrogens with two attached hydrogens (primary N) is 1. The highest BCUT2D eigenvalue weighted by Gasteiger charge is 2.10. The molecule has 0 spiro atoms. The molecule has 1 aromatic rings. The number of anilines is 1. The summed E-state index contributed by atoms with van der Waals surface area (Å²) in [7, 11) is 1.69. The third kappa shape index (κ3) is 2.67. The summed E-state index contributed by atoms with van der Waals surface area (Å²) in [5.41, 5.74) is 8.13. The summed E-state index contributed by atoms with van der Waals surface area (Å²) in [6.07, 6.45) is 0. The summed E-state index contributed by atoms with van der Waals surface area (Å²) < 4.78 is 5.38. The van der Waals surface area contributed by atoms with Gasteiger partial charge in [0.2, 0.25) is 0 Å². The average molecular weight is 222 g/mol. The van der Waals surface area contributed by atoms with Gasteiger partial charge in [0.15, 0.2) is 0 Å². The summed E-state index contributed by atoms with van der Waals surface area (Å²) in [6, 6.07) is 6.22. The van der Waals surface area contributed by atoms with E-state index in [1.165, 1.54) is 5.69 Å². The molecule has 0 amide bonds. The molecule has 90 valence electrons. The Morgan fingerprint density at radius 3 is 2.38 bits per heavy atom. The fourth-order valence-corrected chi connectivity index (χ4v) is 1.86. The lowest BCUT2D eigenvalue weighted by atomic mass is 10.1. The van der Waals surface area contributed by atoms with Gasteiger partial charge in [-0.15, -0.1) is 0 Å². The molecule has 3 heteroatoms. The second-order valence-electron chi connectivity index (χ2n) is 3.89. The maximum absolute atomic E-state index is 5.89. The SMILES string of the molecule is CCN(CC)c1ccc(C(C)N)c(OC)c1. The van der Waals surface area contributed by atoms with Crippen LogP contribution in [-0.2, 0) is 0 Å². The monoisotopic (exact) mass is 222 g/mol. The van der Waals surface area contributed by atoms with Crippen LogP contribution in [0.2, 0.25) is 0 Å². The van der Waals surface area contributed by atoms with Gasteiger partial charge >= 0.3 is 0 Å². The summed E-state index contributed by atoms with van der Waals surface area (Å²) >= 11 is 0. The molecule has 0 aliphatic rings. The van der Waals surface area contributed by atoms with Crippen LogP contribution in [0.4, 0.5) is 5.69 Å². The van der Waals surface area contributed by atoms with Crippen LogP contribution in [0.5, 0.6) is 5.75 Å². The summed E-state index contributed by atoms with van der Waals surface area (Å²) in [5.74, 6) is 0.874. The largest absolute Gasteiger partial charge is 0.496 e. The van der Waals surface area contributed by atoms with Crippen LogP contribution in [0.25, 0.3) is 0 Å². The zero-order valence-corrected chi connectivity index (χ0v) is 10.7. The van der Waals surface area contributed by atoms with E-state index in [-0.39, 0.29) is 6.04 Å². The molecule has 2 N–H and O–H groups in total. The van der Waals surface area contributed by atoms with Crippen molar-refractivity contribution in [1.82, 2.24) is 0 Å². The van der Waals surface area contributed by atoms with Crippen LogP contribution in [0.15, 0.2) is 18.2 Å². The van der Waals surface area contributed by atoms with E-state index < -0.39 is 0 Å². The fraction of sp³-hybridized carbons (Fsp3) is 0.538. The second kappa shape index (κ2) is 5.75. The van der Waals surface area contributed by atoms with Gasteiger partial charge in [0.1, 0.15) is 5.75 Å². The van der Waals surface area contributed by atoms with Crippen LogP contribution >= 0.6 is 0 Å². The maximum Gasteiger partial charge on any atom is 0.125 e. The highest BCUT2D eigenvalue weighted by Crippen LogP contribution is 2.28. The van der Waals surface area contributed by atoms with Crippen molar-refractivity contribution in [3.05, 3.63) is 23.8 Å². The third-order valence-electron chi connectivity index (χ3n) is 2.84. The molecule has 0 fully saturated rings. The number of rotatable bonds is 5. The van der Waals surface area contributed by atoms with E-state index in [2.05, 4.69) is 36.9 Å². The smallest absolute Gasteiger partial charge is 0.125 e. The van der Waals surface area contributed by atoms with Crippen LogP contribution < -0.4 is 15.4 Å². The van der Waals surface area contributed by atoms with Gasteiger partial charge in [-0.3, -0.25) is 0 Å². The minimum absolute atomic E-state index is 0.000651.